The Morgan fingerprint density at radius 3 is 2.64 bits per heavy atom. The lowest BCUT2D eigenvalue weighted by Crippen LogP contribution is -2.32. The fourth-order valence-corrected chi connectivity index (χ4v) is 5.51. The van der Waals surface area contributed by atoms with Gasteiger partial charge < -0.3 is 10.6 Å². The third kappa shape index (κ3) is 3.96. The molecule has 1 aliphatic rings. The molecule has 2 N–H and O–H groups in total. The summed E-state index contributed by atoms with van der Waals surface area (Å²) in [6.45, 7) is 9.75. The molecule has 1 fully saturated rings. The van der Waals surface area contributed by atoms with Crippen LogP contribution in [0.3, 0.4) is 0 Å². The van der Waals surface area contributed by atoms with Crippen LogP contribution in [0, 0.1) is 13.8 Å². The van der Waals surface area contributed by atoms with Gasteiger partial charge in [-0.05, 0) is 44.4 Å². The molecular weight excluding hydrogens is 430 g/mol. The van der Waals surface area contributed by atoms with E-state index in [2.05, 4.69) is 51.1 Å². The Bertz CT molecular complexity index is 1350. The normalized spacial score (nSPS) is 16.3. The average Bonchev–Trinajstić information content (AvgIpc) is 3.49. The predicted molar refractivity (Wildman–Crippen MR) is 134 cm³/mol. The van der Waals surface area contributed by atoms with Gasteiger partial charge in [0, 0.05) is 35.0 Å². The Morgan fingerprint density at radius 1 is 1.15 bits per heavy atom. The maximum Gasteiger partial charge on any atom is 0.275 e. The van der Waals surface area contributed by atoms with Gasteiger partial charge in [0.15, 0.2) is 5.69 Å². The molecule has 0 unspecified atom stereocenters. The van der Waals surface area contributed by atoms with Crippen molar-refractivity contribution in [1.82, 2.24) is 19.7 Å². The van der Waals surface area contributed by atoms with Crippen molar-refractivity contribution >= 4 is 28.1 Å². The molecule has 0 radical (unpaired) electrons. The number of benzene rings is 2. The maximum absolute atomic E-state index is 13.4. The van der Waals surface area contributed by atoms with Gasteiger partial charge >= 0.3 is 0 Å². The summed E-state index contributed by atoms with van der Waals surface area (Å²) in [6, 6.07) is 14.6. The first-order valence-electron chi connectivity index (χ1n) is 11.4. The number of nitrogens with zero attached hydrogens (tertiary/aromatic N) is 4. The Morgan fingerprint density at radius 2 is 1.94 bits per heavy atom. The number of nitrogens with two attached hydrogens (primary N) is 1. The lowest BCUT2D eigenvalue weighted by molar-refractivity contribution is 0.0786. The highest BCUT2D eigenvalue weighted by Gasteiger charge is 2.29. The van der Waals surface area contributed by atoms with E-state index >= 15 is 0 Å². The number of amides is 1. The average molecular weight is 460 g/mol. The van der Waals surface area contributed by atoms with Crippen molar-refractivity contribution in [2.75, 3.05) is 13.1 Å². The molecule has 1 atom stereocenters. The van der Waals surface area contributed by atoms with E-state index in [1.165, 1.54) is 10.4 Å². The molecule has 1 amide bonds. The van der Waals surface area contributed by atoms with Crippen LogP contribution in [-0.2, 0) is 0 Å². The number of aromatic nitrogens is 3. The zero-order valence-corrected chi connectivity index (χ0v) is 20.3. The van der Waals surface area contributed by atoms with Crippen LogP contribution in [0.1, 0.15) is 52.7 Å². The minimum absolute atomic E-state index is 0.0356. The number of carbonyl (C=O) groups excluding carboxylic acids is 1. The van der Waals surface area contributed by atoms with E-state index in [-0.39, 0.29) is 11.9 Å². The summed E-state index contributed by atoms with van der Waals surface area (Å²) >= 11 is 1.64. The van der Waals surface area contributed by atoms with E-state index in [4.69, 9.17) is 15.8 Å². The predicted octanol–water partition coefficient (Wildman–Crippen LogP) is 5.06. The van der Waals surface area contributed by atoms with Crippen molar-refractivity contribution < 1.29 is 4.79 Å². The number of thiazole rings is 1. The van der Waals surface area contributed by atoms with E-state index < -0.39 is 0 Å². The molecule has 5 rings (SSSR count). The van der Waals surface area contributed by atoms with Gasteiger partial charge in [-0.3, -0.25) is 4.79 Å². The van der Waals surface area contributed by atoms with Crippen molar-refractivity contribution in [3.05, 3.63) is 64.2 Å². The number of hydrogen-bond donors (Lipinski definition) is 1. The standard InChI is InChI=1S/C26H29N5OS/c1-15(2)24-22(18-7-5-6-16(3)12-18)28-26(33-24)31-21-9-8-17(4)13-20(21)23(29-31)25(32)30-11-10-19(27)14-30/h5-9,12-13,15,19H,10-11,14,27H2,1-4H3/t19-/m1/s1. The topological polar surface area (TPSA) is 77.0 Å². The number of likely N-dealkylation sites (tertiary alicyclic amines) is 1. The van der Waals surface area contributed by atoms with Gasteiger partial charge in [0.1, 0.15) is 0 Å². The number of fused-ring (bicyclic) bond motifs is 1. The third-order valence-electron chi connectivity index (χ3n) is 6.19. The zero-order chi connectivity index (χ0) is 23.3. The molecule has 6 nitrogen and oxygen atoms in total. The van der Waals surface area contributed by atoms with Crippen molar-refractivity contribution in [3.8, 4) is 16.4 Å². The second-order valence-electron chi connectivity index (χ2n) is 9.31. The SMILES string of the molecule is Cc1cccc(-c2nc(-n3nc(C(=O)N4CC[C@@H](N)C4)c4cc(C)ccc43)sc2C(C)C)c1. The minimum Gasteiger partial charge on any atom is -0.336 e. The molecule has 0 saturated carbocycles. The number of aryl methyl sites for hydroxylation is 2. The molecule has 3 heterocycles. The smallest absolute Gasteiger partial charge is 0.275 e. The van der Waals surface area contributed by atoms with Crippen molar-refractivity contribution in [3.63, 3.8) is 0 Å². The molecule has 0 bridgehead atoms. The van der Waals surface area contributed by atoms with E-state index in [9.17, 15) is 4.79 Å². The maximum atomic E-state index is 13.4. The number of rotatable bonds is 4. The first-order valence-corrected chi connectivity index (χ1v) is 12.3. The monoisotopic (exact) mass is 459 g/mol. The van der Waals surface area contributed by atoms with Gasteiger partial charge in [-0.1, -0.05) is 60.6 Å². The lowest BCUT2D eigenvalue weighted by atomic mass is 10.0. The summed E-state index contributed by atoms with van der Waals surface area (Å²) in [4.78, 5) is 21.5. The molecule has 7 heteroatoms. The summed E-state index contributed by atoms with van der Waals surface area (Å²) in [5, 5.41) is 6.47. The van der Waals surface area contributed by atoms with Crippen molar-refractivity contribution in [2.24, 2.45) is 5.73 Å². The van der Waals surface area contributed by atoms with E-state index in [1.54, 1.807) is 11.3 Å². The fourth-order valence-electron chi connectivity index (χ4n) is 4.46. The Balaban J connectivity index is 1.66. The molecule has 0 spiro atoms. The van der Waals surface area contributed by atoms with Crippen LogP contribution in [0.15, 0.2) is 42.5 Å². The van der Waals surface area contributed by atoms with Gasteiger partial charge in [-0.15, -0.1) is 0 Å². The van der Waals surface area contributed by atoms with Crippen molar-refractivity contribution in [1.29, 1.82) is 0 Å². The number of hydrogen-bond acceptors (Lipinski definition) is 5. The molecule has 170 valence electrons. The Kier molecular flexibility index (Phi) is 5.54. The van der Waals surface area contributed by atoms with E-state index in [0.717, 1.165) is 39.3 Å². The van der Waals surface area contributed by atoms with E-state index in [0.29, 0.717) is 24.7 Å². The summed E-state index contributed by atoms with van der Waals surface area (Å²) in [6.07, 6.45) is 0.827. The van der Waals surface area contributed by atoms with E-state index in [1.807, 2.05) is 28.6 Å². The Hall–Kier alpha value is -3.03. The highest BCUT2D eigenvalue weighted by Crippen LogP contribution is 2.37. The summed E-state index contributed by atoms with van der Waals surface area (Å²) in [5.74, 6) is 0.264. The van der Waals surface area contributed by atoms with Gasteiger partial charge in [0.25, 0.3) is 5.91 Å². The molecule has 2 aromatic carbocycles. The quantitative estimate of drug-likeness (QED) is 0.463. The van der Waals surface area contributed by atoms with Crippen LogP contribution in [0.25, 0.3) is 27.3 Å². The second-order valence-corrected chi connectivity index (χ2v) is 10.3. The van der Waals surface area contributed by atoms with Gasteiger partial charge in [-0.2, -0.15) is 5.10 Å². The molecule has 33 heavy (non-hydrogen) atoms. The lowest BCUT2D eigenvalue weighted by Gasteiger charge is -2.14. The fraction of sp³-hybridized carbons (Fsp3) is 0.346. The first-order chi connectivity index (χ1) is 15.8. The van der Waals surface area contributed by atoms with Crippen LogP contribution in [0.5, 0.6) is 0 Å². The third-order valence-corrected chi connectivity index (χ3v) is 7.52. The molecule has 4 aromatic rings. The van der Waals surface area contributed by atoms with Gasteiger partial charge in [-0.25, -0.2) is 9.67 Å². The van der Waals surface area contributed by atoms with Crippen LogP contribution in [0.2, 0.25) is 0 Å². The highest BCUT2D eigenvalue weighted by atomic mass is 32.1. The molecule has 0 aliphatic carbocycles. The molecule has 1 saturated heterocycles. The summed E-state index contributed by atoms with van der Waals surface area (Å²) < 4.78 is 1.84. The highest BCUT2D eigenvalue weighted by molar-refractivity contribution is 7.14. The minimum atomic E-state index is -0.0585. The summed E-state index contributed by atoms with van der Waals surface area (Å²) in [7, 11) is 0. The van der Waals surface area contributed by atoms with Gasteiger partial charge in [0.05, 0.1) is 11.2 Å². The second kappa shape index (κ2) is 8.39. The Labute approximate surface area is 198 Å². The van der Waals surface area contributed by atoms with Crippen LogP contribution < -0.4 is 5.73 Å². The summed E-state index contributed by atoms with van der Waals surface area (Å²) in [5.41, 5.74) is 11.8. The zero-order valence-electron chi connectivity index (χ0n) is 19.5. The van der Waals surface area contributed by atoms with Crippen LogP contribution in [0.4, 0.5) is 0 Å². The molecule has 1 aliphatic heterocycles. The molecule has 2 aromatic heterocycles. The molecular formula is C26H29N5OS. The van der Waals surface area contributed by atoms with Crippen molar-refractivity contribution in [2.45, 2.75) is 46.1 Å². The van der Waals surface area contributed by atoms with Gasteiger partial charge in [0.2, 0.25) is 5.13 Å². The largest absolute Gasteiger partial charge is 0.336 e. The number of carbonyl (C=O) groups is 1. The van der Waals surface area contributed by atoms with Crippen LogP contribution >= 0.6 is 11.3 Å². The van der Waals surface area contributed by atoms with Crippen LogP contribution in [-0.4, -0.2) is 44.7 Å². The first kappa shape index (κ1) is 21.8.